The van der Waals surface area contributed by atoms with Gasteiger partial charge in [-0.3, -0.25) is 19.5 Å². The van der Waals surface area contributed by atoms with E-state index in [0.29, 0.717) is 18.5 Å². The van der Waals surface area contributed by atoms with Crippen molar-refractivity contribution in [3.63, 3.8) is 0 Å². The van der Waals surface area contributed by atoms with Crippen LogP contribution in [0, 0.1) is 5.92 Å². The lowest BCUT2D eigenvalue weighted by atomic mass is 9.96. The first-order chi connectivity index (χ1) is 12.5. The molecule has 0 atom stereocenters. The van der Waals surface area contributed by atoms with Crippen molar-refractivity contribution in [2.24, 2.45) is 5.92 Å². The average Bonchev–Trinajstić information content (AvgIpc) is 2.64. The van der Waals surface area contributed by atoms with Gasteiger partial charge in [-0.15, -0.1) is 0 Å². The molecule has 6 nitrogen and oxygen atoms in total. The van der Waals surface area contributed by atoms with Gasteiger partial charge in [0.1, 0.15) is 0 Å². The van der Waals surface area contributed by atoms with Gasteiger partial charge in [-0.1, -0.05) is 0 Å². The van der Waals surface area contributed by atoms with E-state index in [0.717, 1.165) is 58.3 Å². The van der Waals surface area contributed by atoms with Gasteiger partial charge in [-0.2, -0.15) is 0 Å². The summed E-state index contributed by atoms with van der Waals surface area (Å²) in [4.78, 5) is 24.6. The number of piperazine rings is 2. The predicted molar refractivity (Wildman–Crippen MR) is 106 cm³/mol. The number of rotatable bonds is 5. The van der Waals surface area contributed by atoms with E-state index < -0.39 is 0 Å². The molecule has 6 heteroatoms. The lowest BCUT2D eigenvalue weighted by Gasteiger charge is -2.40. The summed E-state index contributed by atoms with van der Waals surface area (Å²) in [6.07, 6.45) is 2.66. The molecule has 0 aromatic rings. The highest BCUT2D eigenvalue weighted by Crippen LogP contribution is 2.18. The Morgan fingerprint density at radius 3 is 2.00 bits per heavy atom. The van der Waals surface area contributed by atoms with Gasteiger partial charge < -0.3 is 9.80 Å². The highest BCUT2D eigenvalue weighted by Gasteiger charge is 2.27. The van der Waals surface area contributed by atoms with Gasteiger partial charge in [0, 0.05) is 64.9 Å². The molecule has 3 saturated heterocycles. The van der Waals surface area contributed by atoms with E-state index in [2.05, 4.69) is 45.4 Å². The van der Waals surface area contributed by atoms with E-state index in [1.54, 1.807) is 0 Å². The predicted octanol–water partition coefficient (Wildman–Crippen LogP) is 0.498. The Morgan fingerprint density at radius 1 is 0.846 bits per heavy atom. The highest BCUT2D eigenvalue weighted by molar-refractivity contribution is 5.78. The maximum atomic E-state index is 12.7. The minimum Gasteiger partial charge on any atom is -0.339 e. The second-order valence-electron chi connectivity index (χ2n) is 8.83. The average molecular weight is 366 g/mol. The monoisotopic (exact) mass is 365 g/mol. The van der Waals surface area contributed by atoms with Crippen LogP contribution in [0.1, 0.15) is 26.7 Å². The van der Waals surface area contributed by atoms with Crippen molar-refractivity contribution in [1.29, 1.82) is 0 Å². The summed E-state index contributed by atoms with van der Waals surface area (Å²) in [6.45, 7) is 17.0. The van der Waals surface area contributed by atoms with Crippen LogP contribution in [0.25, 0.3) is 0 Å². The van der Waals surface area contributed by atoms with Crippen LogP contribution in [0.5, 0.6) is 0 Å². The fourth-order valence-corrected chi connectivity index (χ4v) is 4.52. The van der Waals surface area contributed by atoms with Crippen molar-refractivity contribution in [3.05, 3.63) is 0 Å². The van der Waals surface area contributed by atoms with Crippen molar-refractivity contribution >= 4 is 5.91 Å². The first-order valence-electron chi connectivity index (χ1n) is 10.7. The Morgan fingerprint density at radius 2 is 1.42 bits per heavy atom. The highest BCUT2D eigenvalue weighted by atomic mass is 16.2. The molecular formula is C20H39N5O. The Labute approximate surface area is 160 Å². The molecule has 0 unspecified atom stereocenters. The van der Waals surface area contributed by atoms with E-state index >= 15 is 0 Å². The normalized spacial score (nSPS) is 25.9. The quantitative estimate of drug-likeness (QED) is 0.709. The van der Waals surface area contributed by atoms with Crippen molar-refractivity contribution in [2.45, 2.75) is 32.7 Å². The molecular weight excluding hydrogens is 326 g/mol. The number of hydrogen-bond acceptors (Lipinski definition) is 5. The number of nitrogens with zero attached hydrogens (tertiary/aromatic N) is 5. The minimum atomic E-state index is 0.335. The number of amides is 1. The lowest BCUT2D eigenvalue weighted by Crippen LogP contribution is -2.55. The summed E-state index contributed by atoms with van der Waals surface area (Å²) in [5.41, 5.74) is 0. The molecule has 0 radical (unpaired) electrons. The van der Waals surface area contributed by atoms with Crippen LogP contribution in [0.3, 0.4) is 0 Å². The van der Waals surface area contributed by atoms with Crippen LogP contribution < -0.4 is 0 Å². The van der Waals surface area contributed by atoms with Gasteiger partial charge in [-0.25, -0.2) is 0 Å². The van der Waals surface area contributed by atoms with Crippen LogP contribution in [0.4, 0.5) is 0 Å². The van der Waals surface area contributed by atoms with Gasteiger partial charge in [-0.05, 0) is 52.7 Å². The minimum absolute atomic E-state index is 0.335. The summed E-state index contributed by atoms with van der Waals surface area (Å²) in [6, 6.07) is 0.616. The molecule has 3 fully saturated rings. The van der Waals surface area contributed by atoms with Crippen LogP contribution in [-0.4, -0.2) is 122 Å². The van der Waals surface area contributed by atoms with Crippen LogP contribution in [0.15, 0.2) is 0 Å². The molecule has 0 N–H and O–H groups in total. The Balaban J connectivity index is 1.33. The Bertz CT molecular complexity index is 433. The summed E-state index contributed by atoms with van der Waals surface area (Å²) < 4.78 is 0. The molecule has 0 saturated carbocycles. The third-order valence-electron chi connectivity index (χ3n) is 6.58. The summed E-state index contributed by atoms with van der Waals surface area (Å²) in [7, 11) is 2.23. The van der Waals surface area contributed by atoms with Gasteiger partial charge in [0.15, 0.2) is 0 Å². The number of piperidine rings is 1. The maximum absolute atomic E-state index is 12.7. The van der Waals surface area contributed by atoms with E-state index in [-0.39, 0.29) is 0 Å². The fourth-order valence-electron chi connectivity index (χ4n) is 4.52. The lowest BCUT2D eigenvalue weighted by molar-refractivity contribution is -0.134. The molecule has 1 amide bonds. The molecule has 3 rings (SSSR count). The topological polar surface area (TPSA) is 33.3 Å². The van der Waals surface area contributed by atoms with Crippen molar-refractivity contribution in [3.8, 4) is 0 Å². The van der Waals surface area contributed by atoms with Crippen molar-refractivity contribution in [1.82, 2.24) is 24.5 Å². The van der Waals surface area contributed by atoms with Gasteiger partial charge in [0.25, 0.3) is 0 Å². The second kappa shape index (κ2) is 9.49. The summed E-state index contributed by atoms with van der Waals surface area (Å²) >= 11 is 0. The fraction of sp³-hybridized carbons (Fsp3) is 0.950. The summed E-state index contributed by atoms with van der Waals surface area (Å²) in [5, 5.41) is 0. The molecule has 0 spiro atoms. The zero-order valence-electron chi connectivity index (χ0n) is 17.2. The first kappa shape index (κ1) is 20.1. The first-order valence-corrected chi connectivity index (χ1v) is 10.7. The molecule has 3 aliphatic heterocycles. The molecule has 0 aromatic heterocycles. The van der Waals surface area contributed by atoms with Gasteiger partial charge in [0.2, 0.25) is 5.91 Å². The number of hydrogen-bond donors (Lipinski definition) is 0. The van der Waals surface area contributed by atoms with Crippen molar-refractivity contribution < 1.29 is 4.79 Å². The number of likely N-dealkylation sites (tertiary alicyclic amines) is 1. The standard InChI is InChI=1S/C20H39N5O/c1-18(2)24-12-8-23(9-13-24)17-20(26)25-14-10-22(11-15-25)16-19-4-6-21(3)7-5-19/h18-19H,4-17H2,1-3H3. The largest absolute Gasteiger partial charge is 0.339 e. The number of carbonyl (C=O) groups is 1. The maximum Gasteiger partial charge on any atom is 0.236 e. The van der Waals surface area contributed by atoms with Gasteiger partial charge in [0.05, 0.1) is 6.54 Å². The summed E-state index contributed by atoms with van der Waals surface area (Å²) in [5.74, 6) is 1.19. The zero-order chi connectivity index (χ0) is 18.5. The van der Waals surface area contributed by atoms with E-state index in [1.165, 1.54) is 32.5 Å². The smallest absolute Gasteiger partial charge is 0.236 e. The van der Waals surface area contributed by atoms with E-state index in [4.69, 9.17) is 0 Å². The van der Waals surface area contributed by atoms with E-state index in [1.807, 2.05) is 0 Å². The Kier molecular flexibility index (Phi) is 7.32. The molecule has 0 aliphatic carbocycles. The molecule has 3 aliphatic rings. The molecule has 3 heterocycles. The van der Waals surface area contributed by atoms with Crippen LogP contribution >= 0.6 is 0 Å². The third-order valence-corrected chi connectivity index (χ3v) is 6.58. The van der Waals surface area contributed by atoms with Crippen molar-refractivity contribution in [2.75, 3.05) is 85.6 Å². The van der Waals surface area contributed by atoms with E-state index in [9.17, 15) is 4.79 Å². The zero-order valence-corrected chi connectivity index (χ0v) is 17.2. The van der Waals surface area contributed by atoms with Gasteiger partial charge >= 0.3 is 0 Å². The van der Waals surface area contributed by atoms with Crippen LogP contribution in [0.2, 0.25) is 0 Å². The molecule has 26 heavy (non-hydrogen) atoms. The third kappa shape index (κ3) is 5.65. The SMILES string of the molecule is CC(C)N1CCN(CC(=O)N2CCN(CC3CCN(C)CC3)CC2)CC1. The molecule has 0 aromatic carbocycles. The molecule has 0 bridgehead atoms. The van der Waals surface area contributed by atoms with Crippen LogP contribution in [-0.2, 0) is 4.79 Å². The second-order valence-corrected chi connectivity index (χ2v) is 8.83. The Hall–Kier alpha value is -0.690. The number of carbonyl (C=O) groups excluding carboxylic acids is 1. The molecule has 150 valence electrons.